The number of aryl methyl sites for hydroxylation is 1. The number of alkyl halides is 2. The van der Waals surface area contributed by atoms with Crippen LogP contribution in [0.3, 0.4) is 0 Å². The highest BCUT2D eigenvalue weighted by Gasteiger charge is 2.30. The van der Waals surface area contributed by atoms with Crippen LogP contribution in [0, 0.1) is 5.92 Å². The number of nitrogens with one attached hydrogen (secondary N) is 2. The molecule has 0 spiro atoms. The van der Waals surface area contributed by atoms with Gasteiger partial charge in [0.15, 0.2) is 5.82 Å². The normalized spacial score (nSPS) is 17.6. The first-order chi connectivity index (χ1) is 19.5. The number of hydrogen-bond donors (Lipinski definition) is 2. The van der Waals surface area contributed by atoms with Crippen molar-refractivity contribution < 1.29 is 26.7 Å². The lowest BCUT2D eigenvalue weighted by Gasteiger charge is -2.20. The molecular formula is C27H31F2N7O4S. The summed E-state index contributed by atoms with van der Waals surface area (Å²) in [5.41, 5.74) is 2.78. The third kappa shape index (κ3) is 5.10. The maximum Gasteiger partial charge on any atom is 0.329 e. The van der Waals surface area contributed by atoms with Gasteiger partial charge in [0.05, 0.1) is 24.6 Å². The molecule has 1 aliphatic carbocycles. The van der Waals surface area contributed by atoms with Crippen molar-refractivity contribution in [2.75, 3.05) is 30.8 Å². The molecular weight excluding hydrogens is 556 g/mol. The minimum Gasteiger partial charge on any atom is -0.494 e. The molecule has 1 saturated carbocycles. The standard InChI is InChI=1S/C27H31F2N7O4S/c1-34-23-19(10-17(12-21(23)40-2)26(37)31-18-8-9-30-13-18)32-25(34)20-11-16-6-7-22(36(27(28)29)41(3,38)39)33-24(16)35(20)14-15-4-5-15/h6-7,10-12,15,18,27,30H,4-5,8-9,13-14H2,1-3H3,(H,31,37). The van der Waals surface area contributed by atoms with Crippen LogP contribution in [0.1, 0.15) is 29.6 Å². The van der Waals surface area contributed by atoms with E-state index >= 15 is 0 Å². The van der Waals surface area contributed by atoms with Crippen molar-refractivity contribution in [1.29, 1.82) is 0 Å². The number of halogens is 2. The number of fused-ring (bicyclic) bond motifs is 2. The second-order valence-corrected chi connectivity index (χ2v) is 12.6. The number of hydrogen-bond acceptors (Lipinski definition) is 7. The van der Waals surface area contributed by atoms with Crippen molar-refractivity contribution in [3.05, 3.63) is 35.9 Å². The van der Waals surface area contributed by atoms with E-state index in [2.05, 4.69) is 15.6 Å². The van der Waals surface area contributed by atoms with Crippen LogP contribution in [-0.4, -0.2) is 72.5 Å². The molecule has 1 aromatic carbocycles. The van der Waals surface area contributed by atoms with Gasteiger partial charge in [0.25, 0.3) is 5.91 Å². The number of pyridine rings is 1. The van der Waals surface area contributed by atoms with E-state index < -0.39 is 16.6 Å². The number of carbonyl (C=O) groups is 1. The van der Waals surface area contributed by atoms with Crippen LogP contribution in [0.2, 0.25) is 0 Å². The number of methoxy groups -OCH3 is 1. The van der Waals surface area contributed by atoms with E-state index in [0.29, 0.717) is 57.4 Å². The van der Waals surface area contributed by atoms with E-state index in [1.54, 1.807) is 18.2 Å². The van der Waals surface area contributed by atoms with E-state index in [9.17, 15) is 22.0 Å². The Kier molecular flexibility index (Phi) is 6.85. The maximum atomic E-state index is 13.8. The predicted octanol–water partition coefficient (Wildman–Crippen LogP) is 3.09. The molecule has 0 radical (unpaired) electrons. The molecule has 3 aromatic heterocycles. The van der Waals surface area contributed by atoms with Gasteiger partial charge < -0.3 is 24.5 Å². The lowest BCUT2D eigenvalue weighted by atomic mass is 10.1. The lowest BCUT2D eigenvalue weighted by molar-refractivity contribution is 0.0939. The van der Waals surface area contributed by atoms with Crippen LogP contribution in [-0.2, 0) is 23.6 Å². The molecule has 41 heavy (non-hydrogen) atoms. The molecule has 6 rings (SSSR count). The molecule has 1 aliphatic heterocycles. The highest BCUT2D eigenvalue weighted by atomic mass is 32.2. The van der Waals surface area contributed by atoms with Gasteiger partial charge in [0.1, 0.15) is 22.7 Å². The summed E-state index contributed by atoms with van der Waals surface area (Å²) in [7, 11) is -0.878. The predicted molar refractivity (Wildman–Crippen MR) is 151 cm³/mol. The highest BCUT2D eigenvalue weighted by Crippen LogP contribution is 2.38. The zero-order valence-electron chi connectivity index (χ0n) is 22.9. The molecule has 14 heteroatoms. The van der Waals surface area contributed by atoms with Crippen LogP contribution in [0.15, 0.2) is 30.3 Å². The zero-order chi connectivity index (χ0) is 29.1. The molecule has 1 saturated heterocycles. The number of ether oxygens (including phenoxy) is 1. The van der Waals surface area contributed by atoms with Crippen molar-refractivity contribution in [2.24, 2.45) is 13.0 Å². The number of imidazole rings is 1. The Labute approximate surface area is 235 Å². The smallest absolute Gasteiger partial charge is 0.329 e. The van der Waals surface area contributed by atoms with Gasteiger partial charge >= 0.3 is 6.55 Å². The van der Waals surface area contributed by atoms with E-state index in [1.165, 1.54) is 13.2 Å². The second kappa shape index (κ2) is 10.2. The highest BCUT2D eigenvalue weighted by molar-refractivity contribution is 7.92. The van der Waals surface area contributed by atoms with Crippen LogP contribution in [0.5, 0.6) is 5.75 Å². The largest absolute Gasteiger partial charge is 0.494 e. The minimum absolute atomic E-state index is 0.0225. The van der Waals surface area contributed by atoms with Crippen molar-refractivity contribution in [1.82, 2.24) is 29.7 Å². The average molecular weight is 588 g/mol. The Balaban J connectivity index is 1.48. The van der Waals surface area contributed by atoms with Crippen molar-refractivity contribution in [3.8, 4) is 17.3 Å². The second-order valence-electron chi connectivity index (χ2n) is 10.7. The Bertz CT molecular complexity index is 1760. The number of sulfonamides is 1. The van der Waals surface area contributed by atoms with Gasteiger partial charge in [0.2, 0.25) is 10.0 Å². The molecule has 2 N–H and O–H groups in total. The number of carbonyl (C=O) groups excluding carboxylic acids is 1. The first-order valence-corrected chi connectivity index (χ1v) is 15.2. The fourth-order valence-corrected chi connectivity index (χ4v) is 6.19. The van der Waals surface area contributed by atoms with Crippen molar-refractivity contribution >= 4 is 43.8 Å². The van der Waals surface area contributed by atoms with Crippen molar-refractivity contribution in [2.45, 2.75) is 38.4 Å². The van der Waals surface area contributed by atoms with Gasteiger partial charge in [-0.2, -0.15) is 13.1 Å². The fraction of sp³-hybridized carbons (Fsp3) is 0.444. The monoisotopic (exact) mass is 587 g/mol. The number of amides is 1. The number of anilines is 1. The molecule has 1 amide bonds. The third-order valence-electron chi connectivity index (χ3n) is 7.67. The molecule has 11 nitrogen and oxygen atoms in total. The Morgan fingerprint density at radius 3 is 2.63 bits per heavy atom. The summed E-state index contributed by atoms with van der Waals surface area (Å²) >= 11 is 0. The van der Waals surface area contributed by atoms with Crippen molar-refractivity contribution in [3.63, 3.8) is 0 Å². The fourth-order valence-electron chi connectivity index (χ4n) is 5.46. The SMILES string of the molecule is COc1cc(C(=O)NC2CCNC2)cc2nc(-c3cc4ccc(N(C(F)F)S(C)(=O)=O)nc4n3CC3CC3)n(C)c12. The van der Waals surface area contributed by atoms with Gasteiger partial charge in [-0.1, -0.05) is 0 Å². The summed E-state index contributed by atoms with van der Waals surface area (Å²) in [6.45, 7) is -1.12. The number of aromatic nitrogens is 4. The number of rotatable bonds is 9. The summed E-state index contributed by atoms with van der Waals surface area (Å²) in [5, 5.41) is 6.95. The van der Waals surface area contributed by atoms with E-state index in [-0.39, 0.29) is 22.1 Å². The Morgan fingerprint density at radius 1 is 1.22 bits per heavy atom. The van der Waals surface area contributed by atoms with Gasteiger partial charge in [-0.15, -0.1) is 0 Å². The summed E-state index contributed by atoms with van der Waals surface area (Å²) in [6, 6.07) is 8.23. The van der Waals surface area contributed by atoms with Crippen LogP contribution < -0.4 is 19.7 Å². The molecule has 2 aliphatic rings. The van der Waals surface area contributed by atoms with E-state index in [1.807, 2.05) is 22.2 Å². The maximum absolute atomic E-state index is 13.8. The lowest BCUT2D eigenvalue weighted by Crippen LogP contribution is -2.36. The van der Waals surface area contributed by atoms with Gasteiger partial charge in [-0.25, -0.2) is 18.4 Å². The van der Waals surface area contributed by atoms with Crippen LogP contribution in [0.4, 0.5) is 14.6 Å². The third-order valence-corrected chi connectivity index (χ3v) is 8.73. The minimum atomic E-state index is -4.26. The molecule has 1 atom stereocenters. The molecule has 0 bridgehead atoms. The Hall–Kier alpha value is -3.78. The molecule has 2 fully saturated rings. The van der Waals surface area contributed by atoms with Gasteiger partial charge in [-0.3, -0.25) is 4.79 Å². The summed E-state index contributed by atoms with van der Waals surface area (Å²) in [4.78, 5) is 22.3. The first kappa shape index (κ1) is 27.4. The van der Waals surface area contributed by atoms with Crippen LogP contribution in [0.25, 0.3) is 33.6 Å². The summed E-state index contributed by atoms with van der Waals surface area (Å²) < 4.78 is 61.3. The Morgan fingerprint density at radius 2 is 2.00 bits per heavy atom. The molecule has 4 heterocycles. The average Bonchev–Trinajstić information content (AvgIpc) is 3.29. The van der Waals surface area contributed by atoms with E-state index in [0.717, 1.165) is 38.6 Å². The summed E-state index contributed by atoms with van der Waals surface area (Å²) in [6.07, 6.45) is 3.64. The number of nitrogens with zero attached hydrogens (tertiary/aromatic N) is 5. The topological polar surface area (TPSA) is 123 Å². The number of benzene rings is 1. The first-order valence-electron chi connectivity index (χ1n) is 13.4. The van der Waals surface area contributed by atoms with E-state index in [4.69, 9.17) is 9.72 Å². The van der Waals surface area contributed by atoms with Gasteiger partial charge in [0, 0.05) is 37.1 Å². The molecule has 1 unspecified atom stereocenters. The summed E-state index contributed by atoms with van der Waals surface area (Å²) in [5.74, 6) is 0.895. The van der Waals surface area contributed by atoms with Crippen LogP contribution >= 0.6 is 0 Å². The van der Waals surface area contributed by atoms with Gasteiger partial charge in [-0.05, 0) is 62.1 Å². The molecule has 4 aromatic rings. The molecule has 218 valence electrons. The quantitative estimate of drug-likeness (QED) is 0.289. The zero-order valence-corrected chi connectivity index (χ0v) is 23.7.